The SMILES string of the molecule is CC1CCC(CO)(CN2CCC(N3CCOCC3)C2)CC1. The van der Waals surface area contributed by atoms with Crippen molar-refractivity contribution in [2.24, 2.45) is 11.3 Å². The van der Waals surface area contributed by atoms with Crippen molar-refractivity contribution in [3.63, 3.8) is 0 Å². The molecule has 3 aliphatic rings. The molecule has 1 saturated carbocycles. The fraction of sp³-hybridized carbons (Fsp3) is 1.00. The molecule has 4 nitrogen and oxygen atoms in total. The van der Waals surface area contributed by atoms with Crippen LogP contribution < -0.4 is 0 Å². The maximum atomic E-state index is 9.95. The predicted octanol–water partition coefficient (Wildman–Crippen LogP) is 1.58. The third-order valence-electron chi connectivity index (χ3n) is 6.04. The van der Waals surface area contributed by atoms with Crippen molar-refractivity contribution in [1.82, 2.24) is 9.80 Å². The Bertz CT molecular complexity index is 323. The van der Waals surface area contributed by atoms with E-state index in [1.165, 1.54) is 45.2 Å². The van der Waals surface area contributed by atoms with Gasteiger partial charge in [-0.3, -0.25) is 4.90 Å². The number of aliphatic hydroxyl groups excluding tert-OH is 1. The fourth-order valence-electron chi connectivity index (χ4n) is 4.41. The predicted molar refractivity (Wildman–Crippen MR) is 84.4 cm³/mol. The summed E-state index contributed by atoms with van der Waals surface area (Å²) in [5.74, 6) is 0.851. The van der Waals surface area contributed by atoms with Crippen LogP contribution in [0, 0.1) is 11.3 Å². The second-order valence-corrected chi connectivity index (χ2v) is 7.67. The minimum absolute atomic E-state index is 0.187. The van der Waals surface area contributed by atoms with E-state index in [9.17, 15) is 5.11 Å². The van der Waals surface area contributed by atoms with Gasteiger partial charge in [0.25, 0.3) is 0 Å². The van der Waals surface area contributed by atoms with Crippen molar-refractivity contribution in [2.45, 2.75) is 45.1 Å². The number of likely N-dealkylation sites (tertiary alicyclic amines) is 1. The monoisotopic (exact) mass is 296 g/mol. The summed E-state index contributed by atoms with van der Waals surface area (Å²) in [5.41, 5.74) is 0.187. The highest BCUT2D eigenvalue weighted by atomic mass is 16.5. The van der Waals surface area contributed by atoms with Gasteiger partial charge in [-0.15, -0.1) is 0 Å². The number of rotatable bonds is 4. The number of morpholine rings is 1. The van der Waals surface area contributed by atoms with Crippen LogP contribution >= 0.6 is 0 Å². The standard InChI is InChI=1S/C17H32N2O2/c1-15-2-5-17(14-20,6-3-15)13-18-7-4-16(12-18)19-8-10-21-11-9-19/h15-16,20H,2-14H2,1H3. The third-order valence-corrected chi connectivity index (χ3v) is 6.04. The summed E-state index contributed by atoms with van der Waals surface area (Å²) in [6.07, 6.45) is 6.30. The van der Waals surface area contributed by atoms with Crippen LogP contribution in [-0.4, -0.2) is 73.5 Å². The molecule has 0 amide bonds. The normalized spacial score (nSPS) is 39.7. The van der Waals surface area contributed by atoms with Crippen LogP contribution in [0.25, 0.3) is 0 Å². The Hall–Kier alpha value is -0.160. The van der Waals surface area contributed by atoms with E-state index in [1.807, 2.05) is 0 Å². The minimum Gasteiger partial charge on any atom is -0.396 e. The number of nitrogens with zero attached hydrogens (tertiary/aromatic N) is 2. The molecule has 3 rings (SSSR count). The van der Waals surface area contributed by atoms with Crippen LogP contribution in [0.5, 0.6) is 0 Å². The Morgan fingerprint density at radius 2 is 1.81 bits per heavy atom. The van der Waals surface area contributed by atoms with Crippen molar-refractivity contribution >= 4 is 0 Å². The van der Waals surface area contributed by atoms with Gasteiger partial charge < -0.3 is 14.7 Å². The molecule has 21 heavy (non-hydrogen) atoms. The van der Waals surface area contributed by atoms with Crippen LogP contribution in [0.2, 0.25) is 0 Å². The molecule has 122 valence electrons. The van der Waals surface area contributed by atoms with Gasteiger partial charge in [-0.2, -0.15) is 0 Å². The summed E-state index contributed by atoms with van der Waals surface area (Å²) in [6, 6.07) is 0.715. The molecule has 0 radical (unpaired) electrons. The molecule has 2 heterocycles. The number of hydrogen-bond donors (Lipinski definition) is 1. The average molecular weight is 296 g/mol. The Kier molecular flexibility index (Phi) is 5.20. The zero-order valence-electron chi connectivity index (χ0n) is 13.6. The maximum Gasteiger partial charge on any atom is 0.0594 e. The zero-order valence-corrected chi connectivity index (χ0v) is 13.6. The highest BCUT2D eigenvalue weighted by Gasteiger charge is 2.38. The van der Waals surface area contributed by atoms with Gasteiger partial charge in [0.05, 0.1) is 13.2 Å². The van der Waals surface area contributed by atoms with Crippen LogP contribution in [0.1, 0.15) is 39.0 Å². The summed E-state index contributed by atoms with van der Waals surface area (Å²) in [6.45, 7) is 10.2. The second-order valence-electron chi connectivity index (χ2n) is 7.67. The lowest BCUT2D eigenvalue weighted by molar-refractivity contribution is 0.0123. The molecule has 4 heteroatoms. The lowest BCUT2D eigenvalue weighted by Gasteiger charge is -2.41. The van der Waals surface area contributed by atoms with Crippen LogP contribution in [0.15, 0.2) is 0 Å². The molecule has 0 aromatic heterocycles. The Labute approximate surface area is 129 Å². The summed E-state index contributed by atoms with van der Waals surface area (Å²) in [4.78, 5) is 5.23. The van der Waals surface area contributed by atoms with E-state index in [-0.39, 0.29) is 5.41 Å². The van der Waals surface area contributed by atoms with Gasteiger partial charge in [-0.1, -0.05) is 19.8 Å². The molecule has 0 spiro atoms. The highest BCUT2D eigenvalue weighted by Crippen LogP contribution is 2.39. The van der Waals surface area contributed by atoms with Crippen molar-refractivity contribution in [3.8, 4) is 0 Å². The molecule has 2 saturated heterocycles. The van der Waals surface area contributed by atoms with E-state index in [1.54, 1.807) is 0 Å². The largest absolute Gasteiger partial charge is 0.396 e. The van der Waals surface area contributed by atoms with E-state index in [4.69, 9.17) is 4.74 Å². The summed E-state index contributed by atoms with van der Waals surface area (Å²) in [5, 5.41) is 9.95. The lowest BCUT2D eigenvalue weighted by Crippen LogP contribution is -2.46. The maximum absolute atomic E-state index is 9.95. The van der Waals surface area contributed by atoms with E-state index in [0.29, 0.717) is 12.6 Å². The molecular weight excluding hydrogens is 264 g/mol. The van der Waals surface area contributed by atoms with Crippen molar-refractivity contribution < 1.29 is 9.84 Å². The molecule has 2 aliphatic heterocycles. The molecule has 1 unspecified atom stereocenters. The second kappa shape index (κ2) is 6.95. The summed E-state index contributed by atoms with van der Waals surface area (Å²) < 4.78 is 5.46. The van der Waals surface area contributed by atoms with E-state index in [0.717, 1.165) is 38.8 Å². The molecule has 3 fully saturated rings. The van der Waals surface area contributed by atoms with E-state index >= 15 is 0 Å². The molecule has 0 aromatic carbocycles. The third kappa shape index (κ3) is 3.79. The Balaban J connectivity index is 1.51. The number of hydrogen-bond acceptors (Lipinski definition) is 4. The van der Waals surface area contributed by atoms with Gasteiger partial charge in [0.2, 0.25) is 0 Å². The topological polar surface area (TPSA) is 35.9 Å². The van der Waals surface area contributed by atoms with Gasteiger partial charge in [-0.25, -0.2) is 0 Å². The van der Waals surface area contributed by atoms with Gasteiger partial charge in [0.1, 0.15) is 0 Å². The van der Waals surface area contributed by atoms with Crippen molar-refractivity contribution in [2.75, 3.05) is 52.5 Å². The average Bonchev–Trinajstić information content (AvgIpc) is 2.99. The molecule has 0 bridgehead atoms. The molecule has 1 aliphatic carbocycles. The fourth-order valence-corrected chi connectivity index (χ4v) is 4.41. The number of aliphatic hydroxyl groups is 1. The molecular formula is C17H32N2O2. The first-order valence-electron chi connectivity index (χ1n) is 8.86. The Morgan fingerprint density at radius 1 is 1.10 bits per heavy atom. The van der Waals surface area contributed by atoms with Crippen molar-refractivity contribution in [3.05, 3.63) is 0 Å². The first-order chi connectivity index (χ1) is 10.2. The van der Waals surface area contributed by atoms with E-state index in [2.05, 4.69) is 16.7 Å². The van der Waals surface area contributed by atoms with Gasteiger partial charge in [-0.05, 0) is 31.7 Å². The van der Waals surface area contributed by atoms with Gasteiger partial charge in [0, 0.05) is 44.2 Å². The lowest BCUT2D eigenvalue weighted by atomic mass is 9.71. The smallest absolute Gasteiger partial charge is 0.0594 e. The molecule has 1 N–H and O–H groups in total. The minimum atomic E-state index is 0.187. The summed E-state index contributed by atoms with van der Waals surface area (Å²) in [7, 11) is 0. The van der Waals surface area contributed by atoms with Crippen LogP contribution in [0.3, 0.4) is 0 Å². The van der Waals surface area contributed by atoms with E-state index < -0.39 is 0 Å². The first kappa shape index (κ1) is 15.7. The highest BCUT2D eigenvalue weighted by molar-refractivity contribution is 4.91. The summed E-state index contributed by atoms with van der Waals surface area (Å²) >= 11 is 0. The van der Waals surface area contributed by atoms with Crippen molar-refractivity contribution in [1.29, 1.82) is 0 Å². The first-order valence-corrected chi connectivity index (χ1v) is 8.86. The zero-order chi connectivity index (χ0) is 14.7. The quantitative estimate of drug-likeness (QED) is 0.854. The van der Waals surface area contributed by atoms with Crippen LogP contribution in [0.4, 0.5) is 0 Å². The molecule has 0 aromatic rings. The molecule has 1 atom stereocenters. The van der Waals surface area contributed by atoms with Crippen LogP contribution in [-0.2, 0) is 4.74 Å². The Morgan fingerprint density at radius 3 is 2.48 bits per heavy atom. The van der Waals surface area contributed by atoms with Gasteiger partial charge in [0.15, 0.2) is 0 Å². The van der Waals surface area contributed by atoms with Gasteiger partial charge >= 0.3 is 0 Å². The number of ether oxygens (including phenoxy) is 1.